The summed E-state index contributed by atoms with van der Waals surface area (Å²) in [7, 11) is -2.12. The second-order valence-corrected chi connectivity index (χ2v) is 7.38. The third-order valence-corrected chi connectivity index (χ3v) is 4.68. The molecule has 0 aliphatic heterocycles. The Kier molecular flexibility index (Phi) is 4.74. The molecule has 128 valence electrons. The molecule has 0 spiro atoms. The molecular formula is C15H18N4O4S. The van der Waals surface area contributed by atoms with Gasteiger partial charge in [0.1, 0.15) is 11.5 Å². The van der Waals surface area contributed by atoms with E-state index in [0.717, 1.165) is 10.6 Å². The average Bonchev–Trinajstić information content (AvgIpc) is 2.48. The highest BCUT2D eigenvalue weighted by Gasteiger charge is 2.21. The van der Waals surface area contributed by atoms with Gasteiger partial charge in [-0.3, -0.25) is 9.10 Å². The number of hydrogen-bond acceptors (Lipinski definition) is 5. The summed E-state index contributed by atoms with van der Waals surface area (Å²) in [6.45, 7) is 2.91. The number of anilines is 2. The molecule has 2 rings (SSSR count). The van der Waals surface area contributed by atoms with Gasteiger partial charge < -0.3 is 10.5 Å². The molecule has 1 amide bonds. The van der Waals surface area contributed by atoms with E-state index in [9.17, 15) is 18.4 Å². The second kappa shape index (κ2) is 6.44. The fourth-order valence-electron chi connectivity index (χ4n) is 2.14. The Morgan fingerprint density at radius 2 is 2.00 bits per heavy atom. The van der Waals surface area contributed by atoms with Crippen molar-refractivity contribution in [3.05, 3.63) is 41.5 Å². The van der Waals surface area contributed by atoms with Gasteiger partial charge in [-0.1, -0.05) is 0 Å². The van der Waals surface area contributed by atoms with Crippen LogP contribution in [0.3, 0.4) is 0 Å². The van der Waals surface area contributed by atoms with Crippen LogP contribution in [0.25, 0.3) is 11.1 Å². The van der Waals surface area contributed by atoms with E-state index >= 15 is 0 Å². The summed E-state index contributed by atoms with van der Waals surface area (Å²) >= 11 is 0. The monoisotopic (exact) mass is 350 g/mol. The van der Waals surface area contributed by atoms with Crippen molar-refractivity contribution in [1.82, 2.24) is 4.98 Å². The summed E-state index contributed by atoms with van der Waals surface area (Å²) in [5.41, 5.74) is 1.68. The Balaban J connectivity index is 2.56. The van der Waals surface area contributed by atoms with Crippen molar-refractivity contribution >= 4 is 27.4 Å². The maximum absolute atomic E-state index is 12.1. The van der Waals surface area contributed by atoms with Crippen LogP contribution in [0.2, 0.25) is 0 Å². The van der Waals surface area contributed by atoms with Crippen molar-refractivity contribution in [2.24, 2.45) is 0 Å². The average molecular weight is 350 g/mol. The summed E-state index contributed by atoms with van der Waals surface area (Å²) in [6, 6.07) is 4.88. The highest BCUT2D eigenvalue weighted by Crippen LogP contribution is 2.27. The third kappa shape index (κ3) is 3.80. The lowest BCUT2D eigenvalue weighted by Gasteiger charge is -2.19. The number of nitrogens with one attached hydrogen (secondary N) is 1. The zero-order valence-electron chi connectivity index (χ0n) is 13.8. The topological polar surface area (TPSA) is 106 Å². The van der Waals surface area contributed by atoms with Crippen LogP contribution in [0.1, 0.15) is 12.6 Å². The quantitative estimate of drug-likeness (QED) is 0.655. The number of carbonyl (C=O) groups excluding carboxylic acids is 1. The van der Waals surface area contributed by atoms with Crippen LogP contribution in [0.15, 0.2) is 30.6 Å². The number of aromatic nitrogens is 2. The van der Waals surface area contributed by atoms with Crippen molar-refractivity contribution in [2.75, 3.05) is 22.9 Å². The maximum Gasteiger partial charge on any atom is 0.232 e. The van der Waals surface area contributed by atoms with Crippen LogP contribution in [0.5, 0.6) is 0 Å². The number of rotatable bonds is 4. The first-order valence-electron chi connectivity index (χ1n) is 7.01. The molecule has 2 aromatic heterocycles. The molecule has 2 aromatic rings. The summed E-state index contributed by atoms with van der Waals surface area (Å²) in [5, 5.41) is 14.7. The Labute approximate surface area is 140 Å². The molecule has 0 fully saturated rings. The molecule has 0 atom stereocenters. The van der Waals surface area contributed by atoms with Crippen molar-refractivity contribution in [3.63, 3.8) is 0 Å². The number of pyridine rings is 2. The number of amides is 1. The summed E-state index contributed by atoms with van der Waals surface area (Å²) in [5.74, 6) is 0.0796. The minimum Gasteiger partial charge on any atom is -0.618 e. The Morgan fingerprint density at radius 1 is 1.33 bits per heavy atom. The minimum absolute atomic E-state index is 0.264. The van der Waals surface area contributed by atoms with Crippen LogP contribution in [0, 0.1) is 12.1 Å². The van der Waals surface area contributed by atoms with Gasteiger partial charge in [0.15, 0.2) is 6.20 Å². The lowest BCUT2D eigenvalue weighted by molar-refractivity contribution is -0.611. The van der Waals surface area contributed by atoms with Crippen molar-refractivity contribution in [2.45, 2.75) is 13.8 Å². The standard InChI is InChI=1S/C15H18N4O4S/c1-10-14(18(3)24(4,22)23)7-13(9-19(10)21)12-5-6-16-15(8-12)17-11(2)20/h5-9H,1-4H3,(H,16,17,20). The smallest absolute Gasteiger partial charge is 0.232 e. The van der Waals surface area contributed by atoms with Crippen LogP contribution >= 0.6 is 0 Å². The first kappa shape index (κ1) is 17.7. The number of carbonyl (C=O) groups is 1. The SMILES string of the molecule is CC(=O)Nc1cc(-c2cc(N(C)S(C)(=O)=O)c(C)[n+]([O-])c2)ccn1. The summed E-state index contributed by atoms with van der Waals surface area (Å²) < 4.78 is 25.2. The van der Waals surface area contributed by atoms with E-state index in [-0.39, 0.29) is 17.3 Å². The van der Waals surface area contributed by atoms with E-state index in [1.54, 1.807) is 25.1 Å². The normalized spacial score (nSPS) is 11.2. The fraction of sp³-hybridized carbons (Fsp3) is 0.267. The first-order valence-corrected chi connectivity index (χ1v) is 8.86. The minimum atomic E-state index is -3.51. The number of hydrogen-bond donors (Lipinski definition) is 1. The molecule has 0 bridgehead atoms. The van der Waals surface area contributed by atoms with E-state index < -0.39 is 10.0 Å². The molecule has 0 unspecified atom stereocenters. The van der Waals surface area contributed by atoms with Crippen LogP contribution in [-0.4, -0.2) is 32.6 Å². The molecule has 0 aliphatic rings. The van der Waals surface area contributed by atoms with Gasteiger partial charge in [-0.2, -0.15) is 4.73 Å². The highest BCUT2D eigenvalue weighted by atomic mass is 32.2. The van der Waals surface area contributed by atoms with Gasteiger partial charge in [0.25, 0.3) is 0 Å². The van der Waals surface area contributed by atoms with E-state index in [1.807, 2.05) is 0 Å². The zero-order chi connectivity index (χ0) is 18.1. The van der Waals surface area contributed by atoms with Gasteiger partial charge in [-0.05, 0) is 23.8 Å². The molecule has 9 heteroatoms. The van der Waals surface area contributed by atoms with Gasteiger partial charge in [0.05, 0.1) is 6.26 Å². The molecule has 1 N–H and O–H groups in total. The van der Waals surface area contributed by atoms with Gasteiger partial charge in [-0.25, -0.2) is 13.4 Å². The Morgan fingerprint density at radius 3 is 2.58 bits per heavy atom. The lowest BCUT2D eigenvalue weighted by Crippen LogP contribution is -2.35. The van der Waals surface area contributed by atoms with Gasteiger partial charge >= 0.3 is 0 Å². The molecule has 24 heavy (non-hydrogen) atoms. The number of nitrogens with zero attached hydrogens (tertiary/aromatic N) is 3. The second-order valence-electron chi connectivity index (χ2n) is 5.37. The third-order valence-electron chi connectivity index (χ3n) is 3.48. The van der Waals surface area contributed by atoms with Crippen molar-refractivity contribution in [1.29, 1.82) is 0 Å². The van der Waals surface area contributed by atoms with Gasteiger partial charge in [0, 0.05) is 32.7 Å². The molecule has 0 aromatic carbocycles. The fourth-order valence-corrected chi connectivity index (χ4v) is 2.68. The molecule has 0 radical (unpaired) electrons. The predicted molar refractivity (Wildman–Crippen MR) is 90.9 cm³/mol. The van der Waals surface area contributed by atoms with Crippen LogP contribution in [0.4, 0.5) is 11.5 Å². The van der Waals surface area contributed by atoms with E-state index in [0.29, 0.717) is 21.7 Å². The van der Waals surface area contributed by atoms with E-state index in [2.05, 4.69) is 10.3 Å². The molecule has 0 aliphatic carbocycles. The lowest BCUT2D eigenvalue weighted by atomic mass is 10.1. The van der Waals surface area contributed by atoms with Crippen molar-refractivity contribution < 1.29 is 17.9 Å². The van der Waals surface area contributed by atoms with Crippen LogP contribution < -0.4 is 14.4 Å². The molecule has 8 nitrogen and oxygen atoms in total. The van der Waals surface area contributed by atoms with E-state index in [1.165, 1.54) is 26.4 Å². The highest BCUT2D eigenvalue weighted by molar-refractivity contribution is 7.92. The van der Waals surface area contributed by atoms with Crippen molar-refractivity contribution in [3.8, 4) is 11.1 Å². The van der Waals surface area contributed by atoms with Crippen LogP contribution in [-0.2, 0) is 14.8 Å². The maximum atomic E-state index is 12.1. The van der Waals surface area contributed by atoms with Gasteiger partial charge in [0.2, 0.25) is 21.6 Å². The number of sulfonamides is 1. The first-order chi connectivity index (χ1) is 11.1. The van der Waals surface area contributed by atoms with Gasteiger partial charge in [-0.15, -0.1) is 0 Å². The Hall–Kier alpha value is -2.68. The Bertz CT molecular complexity index is 896. The largest absolute Gasteiger partial charge is 0.618 e. The molecule has 2 heterocycles. The summed E-state index contributed by atoms with van der Waals surface area (Å²) in [6.07, 6.45) is 3.91. The predicted octanol–water partition coefficient (Wildman–Crippen LogP) is 1.04. The summed E-state index contributed by atoms with van der Waals surface area (Å²) in [4.78, 5) is 15.2. The zero-order valence-corrected chi connectivity index (χ0v) is 14.6. The molecule has 0 saturated heterocycles. The molecular weight excluding hydrogens is 332 g/mol. The molecule has 0 saturated carbocycles. The van der Waals surface area contributed by atoms with E-state index in [4.69, 9.17) is 0 Å².